The van der Waals surface area contributed by atoms with Crippen LogP contribution in [-0.4, -0.2) is 77.2 Å². The lowest BCUT2D eigenvalue weighted by molar-refractivity contribution is -0.134. The molecule has 2 aliphatic rings. The van der Waals surface area contributed by atoms with Crippen LogP contribution in [0.4, 0.5) is 5.69 Å². The third kappa shape index (κ3) is 6.13. The van der Waals surface area contributed by atoms with E-state index < -0.39 is 16.0 Å². The van der Waals surface area contributed by atoms with Crippen molar-refractivity contribution < 1.29 is 27.5 Å². The summed E-state index contributed by atoms with van der Waals surface area (Å²) < 4.78 is 38.0. The smallest absolute Gasteiger partial charge is 0.338 e. The minimum Gasteiger partial charge on any atom is -0.452 e. The molecule has 10 heteroatoms. The first-order valence-electron chi connectivity index (χ1n) is 11.4. The number of piperazine rings is 1. The maximum Gasteiger partial charge on any atom is 0.338 e. The Morgan fingerprint density at radius 1 is 1.00 bits per heavy atom. The summed E-state index contributed by atoms with van der Waals surface area (Å²) in [7, 11) is -3.70. The number of nitrogens with zero attached hydrogens (tertiary/aromatic N) is 2. The van der Waals surface area contributed by atoms with E-state index in [1.165, 1.54) is 24.3 Å². The van der Waals surface area contributed by atoms with E-state index in [4.69, 9.17) is 9.47 Å². The topological polar surface area (TPSA) is 105 Å². The number of sulfonamides is 1. The van der Waals surface area contributed by atoms with E-state index in [9.17, 15) is 18.0 Å². The Bertz CT molecular complexity index is 1080. The molecule has 2 aliphatic heterocycles. The highest BCUT2D eigenvalue weighted by Crippen LogP contribution is 2.16. The number of esters is 1. The largest absolute Gasteiger partial charge is 0.452 e. The standard InChI is InChI=1S/C24H29N3O6S/c28-23(27-14-12-26(13-15-27)20-5-2-1-3-6-20)18-33-24(29)19-8-10-22(11-9-19)34(30,31)25-17-21-7-4-16-32-21/h1-3,5-6,8-11,21,25H,4,7,12-18H2. The number of amides is 1. The Labute approximate surface area is 199 Å². The van der Waals surface area contributed by atoms with Crippen molar-refractivity contribution in [2.24, 2.45) is 0 Å². The first-order chi connectivity index (χ1) is 16.4. The van der Waals surface area contributed by atoms with Gasteiger partial charge in [-0.05, 0) is 49.2 Å². The molecular weight excluding hydrogens is 458 g/mol. The van der Waals surface area contributed by atoms with Crippen LogP contribution < -0.4 is 9.62 Å². The zero-order chi connectivity index (χ0) is 24.0. The quantitative estimate of drug-likeness (QED) is 0.565. The van der Waals surface area contributed by atoms with Gasteiger partial charge in [0.05, 0.1) is 16.6 Å². The molecule has 2 fully saturated rings. The minimum atomic E-state index is -3.70. The number of carbonyl (C=O) groups excluding carboxylic acids is 2. The number of carbonyl (C=O) groups is 2. The number of benzene rings is 2. The molecule has 0 aliphatic carbocycles. The Morgan fingerprint density at radius 3 is 2.35 bits per heavy atom. The molecule has 182 valence electrons. The van der Waals surface area contributed by atoms with Crippen molar-refractivity contribution in [2.75, 3.05) is 50.8 Å². The molecule has 2 saturated heterocycles. The van der Waals surface area contributed by atoms with Crippen molar-refractivity contribution in [1.82, 2.24) is 9.62 Å². The van der Waals surface area contributed by atoms with Gasteiger partial charge in [-0.3, -0.25) is 4.79 Å². The molecule has 0 aromatic heterocycles. The van der Waals surface area contributed by atoms with Gasteiger partial charge >= 0.3 is 5.97 Å². The molecule has 0 bridgehead atoms. The first kappa shape index (κ1) is 24.2. The number of ether oxygens (including phenoxy) is 2. The highest BCUT2D eigenvalue weighted by atomic mass is 32.2. The second-order valence-electron chi connectivity index (χ2n) is 8.29. The van der Waals surface area contributed by atoms with E-state index in [0.29, 0.717) is 32.8 Å². The lowest BCUT2D eigenvalue weighted by Crippen LogP contribution is -2.49. The predicted molar refractivity (Wildman–Crippen MR) is 126 cm³/mol. The molecule has 2 aromatic rings. The number of nitrogens with one attached hydrogen (secondary N) is 1. The van der Waals surface area contributed by atoms with Gasteiger partial charge in [-0.25, -0.2) is 17.9 Å². The molecule has 1 unspecified atom stereocenters. The second kappa shape index (κ2) is 11.0. The Kier molecular flexibility index (Phi) is 7.81. The van der Waals surface area contributed by atoms with Crippen molar-refractivity contribution in [2.45, 2.75) is 23.8 Å². The lowest BCUT2D eigenvalue weighted by atomic mass is 10.2. The van der Waals surface area contributed by atoms with Crippen LogP contribution >= 0.6 is 0 Å². The van der Waals surface area contributed by atoms with E-state index in [0.717, 1.165) is 18.5 Å². The number of anilines is 1. The summed E-state index contributed by atoms with van der Waals surface area (Å²) in [6.07, 6.45) is 1.65. The summed E-state index contributed by atoms with van der Waals surface area (Å²) in [6, 6.07) is 15.5. The Balaban J connectivity index is 1.23. The zero-order valence-electron chi connectivity index (χ0n) is 18.9. The summed E-state index contributed by atoms with van der Waals surface area (Å²) in [6.45, 7) is 3.03. The third-order valence-electron chi connectivity index (χ3n) is 6.01. The number of hydrogen-bond donors (Lipinski definition) is 1. The molecule has 34 heavy (non-hydrogen) atoms. The molecule has 2 aromatic carbocycles. The third-order valence-corrected chi connectivity index (χ3v) is 7.45. The van der Waals surface area contributed by atoms with Crippen LogP contribution in [0.5, 0.6) is 0 Å². The van der Waals surface area contributed by atoms with E-state index >= 15 is 0 Å². The van der Waals surface area contributed by atoms with Gasteiger partial charge in [0.2, 0.25) is 10.0 Å². The fourth-order valence-electron chi connectivity index (χ4n) is 4.02. The van der Waals surface area contributed by atoms with Gasteiger partial charge in [0.25, 0.3) is 5.91 Å². The molecule has 0 saturated carbocycles. The maximum atomic E-state index is 12.5. The molecule has 1 amide bonds. The summed E-state index contributed by atoms with van der Waals surface area (Å²) in [4.78, 5) is 28.8. The highest BCUT2D eigenvalue weighted by molar-refractivity contribution is 7.89. The average Bonchev–Trinajstić information content (AvgIpc) is 3.40. The Morgan fingerprint density at radius 2 is 1.71 bits per heavy atom. The van der Waals surface area contributed by atoms with E-state index in [1.54, 1.807) is 4.90 Å². The highest BCUT2D eigenvalue weighted by Gasteiger charge is 2.23. The second-order valence-corrected chi connectivity index (χ2v) is 10.1. The molecule has 2 heterocycles. The molecule has 4 rings (SSSR count). The van der Waals surface area contributed by atoms with Gasteiger partial charge in [-0.15, -0.1) is 0 Å². The maximum absolute atomic E-state index is 12.5. The van der Waals surface area contributed by atoms with Gasteiger partial charge in [-0.2, -0.15) is 0 Å². The zero-order valence-corrected chi connectivity index (χ0v) is 19.7. The summed E-state index contributed by atoms with van der Waals surface area (Å²) in [5.41, 5.74) is 1.30. The molecule has 0 radical (unpaired) electrons. The predicted octanol–water partition coefficient (Wildman–Crippen LogP) is 1.65. The van der Waals surface area contributed by atoms with Gasteiger partial charge in [0.15, 0.2) is 6.61 Å². The van der Waals surface area contributed by atoms with Crippen molar-refractivity contribution >= 4 is 27.6 Å². The normalized spacial score (nSPS) is 18.6. The molecule has 9 nitrogen and oxygen atoms in total. The molecule has 0 spiro atoms. The van der Waals surface area contributed by atoms with E-state index in [-0.39, 0.29) is 35.6 Å². The number of rotatable bonds is 8. The molecule has 1 N–H and O–H groups in total. The van der Waals surface area contributed by atoms with Crippen LogP contribution in [0.1, 0.15) is 23.2 Å². The summed E-state index contributed by atoms with van der Waals surface area (Å²) in [5.74, 6) is -0.925. The van der Waals surface area contributed by atoms with E-state index in [1.807, 2.05) is 30.3 Å². The van der Waals surface area contributed by atoms with Crippen LogP contribution in [0.15, 0.2) is 59.5 Å². The molecule has 1 atom stereocenters. The van der Waals surface area contributed by atoms with Crippen LogP contribution in [0, 0.1) is 0 Å². The average molecular weight is 488 g/mol. The van der Waals surface area contributed by atoms with E-state index in [2.05, 4.69) is 9.62 Å². The number of hydrogen-bond acceptors (Lipinski definition) is 7. The van der Waals surface area contributed by atoms with Gasteiger partial charge < -0.3 is 19.3 Å². The minimum absolute atomic E-state index is 0.0504. The number of para-hydroxylation sites is 1. The fraction of sp³-hybridized carbons (Fsp3) is 0.417. The van der Waals surface area contributed by atoms with Gasteiger partial charge in [0, 0.05) is 45.0 Å². The summed E-state index contributed by atoms with van der Waals surface area (Å²) >= 11 is 0. The SMILES string of the molecule is O=C(OCC(=O)N1CCN(c2ccccc2)CC1)c1ccc(S(=O)(=O)NCC2CCCO2)cc1. The first-order valence-corrected chi connectivity index (χ1v) is 12.9. The fourth-order valence-corrected chi connectivity index (χ4v) is 5.08. The van der Waals surface area contributed by atoms with Crippen molar-refractivity contribution in [1.29, 1.82) is 0 Å². The van der Waals surface area contributed by atoms with Gasteiger partial charge in [0.1, 0.15) is 0 Å². The van der Waals surface area contributed by atoms with Crippen LogP contribution in [0.2, 0.25) is 0 Å². The van der Waals surface area contributed by atoms with Crippen molar-refractivity contribution in [3.63, 3.8) is 0 Å². The molecular formula is C24H29N3O6S. The van der Waals surface area contributed by atoms with Gasteiger partial charge in [-0.1, -0.05) is 18.2 Å². The van der Waals surface area contributed by atoms with Crippen LogP contribution in [0.3, 0.4) is 0 Å². The summed E-state index contributed by atoms with van der Waals surface area (Å²) in [5, 5.41) is 0. The Hall–Kier alpha value is -2.95. The van der Waals surface area contributed by atoms with Crippen molar-refractivity contribution in [3.8, 4) is 0 Å². The van der Waals surface area contributed by atoms with Crippen molar-refractivity contribution in [3.05, 3.63) is 60.2 Å². The van der Waals surface area contributed by atoms with Crippen LogP contribution in [-0.2, 0) is 24.3 Å². The lowest BCUT2D eigenvalue weighted by Gasteiger charge is -2.36. The monoisotopic (exact) mass is 487 g/mol. The van der Waals surface area contributed by atoms with Crippen LogP contribution in [0.25, 0.3) is 0 Å².